The lowest BCUT2D eigenvalue weighted by Gasteiger charge is -2.09. The fourth-order valence-corrected chi connectivity index (χ4v) is 3.03. The quantitative estimate of drug-likeness (QED) is 0.588. The molecule has 0 fully saturated rings. The first-order valence-electron chi connectivity index (χ1n) is 8.34. The van der Waals surface area contributed by atoms with Crippen LogP contribution in [0.2, 0.25) is 0 Å². The van der Waals surface area contributed by atoms with E-state index in [1.165, 1.54) is 16.3 Å². The van der Waals surface area contributed by atoms with E-state index in [2.05, 4.69) is 45.6 Å². The number of fused-ring (bicyclic) bond motifs is 2. The number of ether oxygens (including phenoxy) is 1. The molecule has 4 heteroatoms. The molecule has 0 saturated heterocycles. The van der Waals surface area contributed by atoms with Crippen LogP contribution in [0.25, 0.3) is 21.7 Å². The maximum Gasteiger partial charge on any atom is 0.137 e. The molecule has 0 radical (unpaired) electrons. The molecule has 1 N–H and O–H groups in total. The molecule has 0 aliphatic heterocycles. The Kier molecular flexibility index (Phi) is 4.17. The van der Waals surface area contributed by atoms with Crippen molar-refractivity contribution in [3.63, 3.8) is 0 Å². The summed E-state index contributed by atoms with van der Waals surface area (Å²) >= 11 is 0. The van der Waals surface area contributed by atoms with Gasteiger partial charge in [0, 0.05) is 11.9 Å². The smallest absolute Gasteiger partial charge is 0.137 e. The van der Waals surface area contributed by atoms with Crippen molar-refractivity contribution in [2.75, 3.05) is 19.0 Å². The molecule has 0 aliphatic carbocycles. The van der Waals surface area contributed by atoms with Crippen molar-refractivity contribution in [2.24, 2.45) is 0 Å². The Morgan fingerprint density at radius 3 is 2.68 bits per heavy atom. The second-order valence-corrected chi connectivity index (χ2v) is 5.96. The number of benzene rings is 3. The second kappa shape index (κ2) is 6.77. The maximum atomic E-state index is 5.28. The molecule has 0 unspecified atom stereocenters. The van der Waals surface area contributed by atoms with Gasteiger partial charge in [-0.15, -0.1) is 0 Å². The molecule has 1 heterocycles. The number of para-hydroxylation sites is 1. The average molecular weight is 329 g/mol. The van der Waals surface area contributed by atoms with Gasteiger partial charge >= 0.3 is 0 Å². The van der Waals surface area contributed by atoms with E-state index >= 15 is 0 Å². The molecule has 3 aromatic carbocycles. The number of nitrogens with zero attached hydrogens (tertiary/aromatic N) is 2. The molecule has 0 spiro atoms. The second-order valence-electron chi connectivity index (χ2n) is 5.96. The van der Waals surface area contributed by atoms with Gasteiger partial charge in [0.15, 0.2) is 0 Å². The van der Waals surface area contributed by atoms with Crippen LogP contribution in [0.5, 0.6) is 5.75 Å². The highest BCUT2D eigenvalue weighted by Gasteiger charge is 2.03. The Labute approximate surface area is 146 Å². The topological polar surface area (TPSA) is 47.0 Å². The van der Waals surface area contributed by atoms with E-state index in [1.807, 2.05) is 30.3 Å². The van der Waals surface area contributed by atoms with Crippen molar-refractivity contribution in [2.45, 2.75) is 6.42 Å². The number of nitrogens with one attached hydrogen (secondary N) is 1. The number of hydrogen-bond acceptors (Lipinski definition) is 4. The van der Waals surface area contributed by atoms with E-state index in [0.29, 0.717) is 0 Å². The van der Waals surface area contributed by atoms with Gasteiger partial charge in [-0.25, -0.2) is 9.97 Å². The number of hydrogen-bond donors (Lipinski definition) is 1. The summed E-state index contributed by atoms with van der Waals surface area (Å²) in [5, 5.41) is 6.90. The third-order valence-electron chi connectivity index (χ3n) is 4.36. The van der Waals surface area contributed by atoms with Gasteiger partial charge in [0.25, 0.3) is 0 Å². The predicted molar refractivity (Wildman–Crippen MR) is 102 cm³/mol. The van der Waals surface area contributed by atoms with E-state index in [9.17, 15) is 0 Å². The third-order valence-corrected chi connectivity index (χ3v) is 4.36. The minimum atomic E-state index is 0.822. The van der Waals surface area contributed by atoms with Gasteiger partial charge in [0.2, 0.25) is 0 Å². The molecule has 0 saturated carbocycles. The van der Waals surface area contributed by atoms with Gasteiger partial charge in [-0.1, -0.05) is 36.4 Å². The van der Waals surface area contributed by atoms with Crippen molar-refractivity contribution in [3.05, 3.63) is 72.6 Å². The zero-order valence-electron chi connectivity index (χ0n) is 14.1. The average Bonchev–Trinajstić information content (AvgIpc) is 2.67. The molecule has 1 aromatic heterocycles. The van der Waals surface area contributed by atoms with Gasteiger partial charge in [0.1, 0.15) is 17.9 Å². The molecule has 4 nitrogen and oxygen atoms in total. The van der Waals surface area contributed by atoms with E-state index in [4.69, 9.17) is 4.74 Å². The van der Waals surface area contributed by atoms with Crippen molar-refractivity contribution < 1.29 is 4.74 Å². The van der Waals surface area contributed by atoms with Crippen molar-refractivity contribution >= 4 is 27.5 Å². The SMILES string of the molecule is COc1ccc2cc(CCNc3ncnc4ccccc34)ccc2c1. The Balaban J connectivity index is 1.48. The summed E-state index contributed by atoms with van der Waals surface area (Å²) in [4.78, 5) is 8.67. The standard InChI is InChI=1S/C21H19N3O/c1-25-18-9-8-16-12-15(6-7-17(16)13-18)10-11-22-21-19-4-2-3-5-20(19)23-14-24-21/h2-9,12-14H,10-11H2,1H3,(H,22,23,24). The van der Waals surface area contributed by atoms with Crippen LogP contribution in [-0.2, 0) is 6.42 Å². The first-order chi connectivity index (χ1) is 12.3. The van der Waals surface area contributed by atoms with Gasteiger partial charge < -0.3 is 10.1 Å². The van der Waals surface area contributed by atoms with Crippen LogP contribution < -0.4 is 10.1 Å². The highest BCUT2D eigenvalue weighted by Crippen LogP contribution is 2.22. The summed E-state index contributed by atoms with van der Waals surface area (Å²) in [5.74, 6) is 1.77. The fourth-order valence-electron chi connectivity index (χ4n) is 3.03. The molecule has 124 valence electrons. The largest absolute Gasteiger partial charge is 0.497 e. The molecule has 4 aromatic rings. The summed E-state index contributed by atoms with van der Waals surface area (Å²) in [5.41, 5.74) is 2.25. The van der Waals surface area contributed by atoms with Crippen molar-refractivity contribution in [1.82, 2.24) is 9.97 Å². The highest BCUT2D eigenvalue weighted by molar-refractivity contribution is 5.88. The summed E-state index contributed by atoms with van der Waals surface area (Å²) in [6.45, 7) is 0.822. The Morgan fingerprint density at radius 2 is 1.76 bits per heavy atom. The van der Waals surface area contributed by atoms with Gasteiger partial charge in [-0.05, 0) is 47.0 Å². The molecular formula is C21H19N3O. The number of aromatic nitrogens is 2. The lowest BCUT2D eigenvalue weighted by atomic mass is 10.0. The Hall–Kier alpha value is -3.14. The lowest BCUT2D eigenvalue weighted by Crippen LogP contribution is -2.07. The van der Waals surface area contributed by atoms with Crippen molar-refractivity contribution in [1.29, 1.82) is 0 Å². The van der Waals surface area contributed by atoms with Gasteiger partial charge in [0.05, 0.1) is 12.6 Å². The van der Waals surface area contributed by atoms with Gasteiger partial charge in [-0.2, -0.15) is 0 Å². The molecule has 25 heavy (non-hydrogen) atoms. The molecule has 4 rings (SSSR count). The molecular weight excluding hydrogens is 310 g/mol. The molecule has 0 atom stereocenters. The van der Waals surface area contributed by atoms with Crippen LogP contribution in [-0.4, -0.2) is 23.6 Å². The minimum absolute atomic E-state index is 0.822. The van der Waals surface area contributed by atoms with E-state index < -0.39 is 0 Å². The van der Waals surface area contributed by atoms with Gasteiger partial charge in [-0.3, -0.25) is 0 Å². The summed E-state index contributed by atoms with van der Waals surface area (Å²) in [7, 11) is 1.69. The predicted octanol–water partition coefficient (Wildman–Crippen LogP) is 4.45. The summed E-state index contributed by atoms with van der Waals surface area (Å²) in [6.07, 6.45) is 2.54. The van der Waals surface area contributed by atoms with Crippen molar-refractivity contribution in [3.8, 4) is 5.75 Å². The summed E-state index contributed by atoms with van der Waals surface area (Å²) in [6, 6.07) is 20.7. The number of rotatable bonds is 5. The monoisotopic (exact) mass is 329 g/mol. The minimum Gasteiger partial charge on any atom is -0.497 e. The van der Waals surface area contributed by atoms with Crippen LogP contribution in [0.4, 0.5) is 5.82 Å². The number of methoxy groups -OCH3 is 1. The maximum absolute atomic E-state index is 5.28. The van der Waals surface area contributed by atoms with Crippen LogP contribution in [0.15, 0.2) is 67.0 Å². The van der Waals surface area contributed by atoms with Crippen LogP contribution >= 0.6 is 0 Å². The fraction of sp³-hybridized carbons (Fsp3) is 0.143. The molecule has 0 aliphatic rings. The zero-order valence-corrected chi connectivity index (χ0v) is 14.1. The first-order valence-corrected chi connectivity index (χ1v) is 8.34. The van der Waals surface area contributed by atoms with Crippen LogP contribution in [0.3, 0.4) is 0 Å². The number of anilines is 1. The van der Waals surface area contributed by atoms with E-state index in [0.717, 1.165) is 35.4 Å². The normalized spacial score (nSPS) is 10.9. The zero-order chi connectivity index (χ0) is 17.1. The Bertz CT molecular complexity index is 1020. The summed E-state index contributed by atoms with van der Waals surface area (Å²) < 4.78 is 5.28. The molecule has 0 amide bonds. The highest BCUT2D eigenvalue weighted by atomic mass is 16.5. The van der Waals surface area contributed by atoms with Crippen LogP contribution in [0.1, 0.15) is 5.56 Å². The van der Waals surface area contributed by atoms with E-state index in [-0.39, 0.29) is 0 Å². The van der Waals surface area contributed by atoms with Crippen LogP contribution in [0, 0.1) is 0 Å². The van der Waals surface area contributed by atoms with E-state index in [1.54, 1.807) is 13.4 Å². The first kappa shape index (κ1) is 15.4. The Morgan fingerprint density at radius 1 is 0.920 bits per heavy atom. The molecule has 0 bridgehead atoms. The third kappa shape index (κ3) is 3.24. The lowest BCUT2D eigenvalue weighted by molar-refractivity contribution is 0.415.